The van der Waals surface area contributed by atoms with E-state index in [1.54, 1.807) is 0 Å². The number of rotatable bonds is 6. The number of anilines is 1. The Kier molecular flexibility index (Phi) is 5.78. The molecule has 0 aliphatic carbocycles. The molecule has 1 aliphatic rings. The molecule has 28 heavy (non-hydrogen) atoms. The van der Waals surface area contributed by atoms with Crippen LogP contribution in [-0.4, -0.2) is 64.3 Å². The molecular weight excluding hydrogens is 451 g/mol. The average molecular weight is 464 g/mol. The molecule has 0 amide bonds. The van der Waals surface area contributed by atoms with Crippen molar-refractivity contribution in [3.05, 3.63) is 11.6 Å². The van der Waals surface area contributed by atoms with Gasteiger partial charge < -0.3 is 30.3 Å². The Labute approximate surface area is 159 Å². The fraction of sp³-hybridized carbons (Fsp3) is 0.500. The van der Waals surface area contributed by atoms with E-state index in [4.69, 9.17) is 31.9 Å². The van der Waals surface area contributed by atoms with E-state index in [0.717, 1.165) is 10.9 Å². The molecule has 156 valence electrons. The molecule has 0 bridgehead atoms. The second kappa shape index (κ2) is 7.54. The molecule has 0 saturated carbocycles. The van der Waals surface area contributed by atoms with Crippen LogP contribution in [0.4, 0.5) is 10.2 Å². The first-order valence-corrected chi connectivity index (χ1v) is 10.7. The Morgan fingerprint density at radius 3 is 2.68 bits per heavy atom. The van der Waals surface area contributed by atoms with Gasteiger partial charge in [0.2, 0.25) is 5.28 Å². The summed E-state index contributed by atoms with van der Waals surface area (Å²) in [5.41, 5.74) is 5.76. The molecule has 0 radical (unpaired) electrons. The van der Waals surface area contributed by atoms with Gasteiger partial charge in [-0.3, -0.25) is 9.09 Å². The standard InChI is InChI=1S/C10H13ClFN5O9P2/c11-10-15-7(13)5-8(16-10)17(2-14-5)9-4(12)6(18)3(25-9)1-24-28(22,23)26-27(19,20)21/h2-4,6,9,18H,1H2,(H,22,23)(H2,13,15,16)(H2,19,20,21)/t3-,4-,6-,9-/m1/s1. The van der Waals surface area contributed by atoms with Gasteiger partial charge in [-0.2, -0.15) is 14.3 Å². The Balaban J connectivity index is 1.78. The zero-order valence-electron chi connectivity index (χ0n) is 13.4. The van der Waals surface area contributed by atoms with E-state index in [9.17, 15) is 23.5 Å². The highest BCUT2D eigenvalue weighted by Crippen LogP contribution is 2.57. The molecule has 3 rings (SSSR count). The number of imidazole rings is 1. The summed E-state index contributed by atoms with van der Waals surface area (Å²) >= 11 is 5.72. The number of aromatic nitrogens is 4. The van der Waals surface area contributed by atoms with E-state index in [2.05, 4.69) is 23.8 Å². The van der Waals surface area contributed by atoms with Crippen LogP contribution in [0.2, 0.25) is 5.28 Å². The lowest BCUT2D eigenvalue weighted by Gasteiger charge is -2.17. The minimum absolute atomic E-state index is 0.0107. The van der Waals surface area contributed by atoms with Crippen LogP contribution < -0.4 is 5.73 Å². The first-order chi connectivity index (χ1) is 12.9. The molecule has 14 nitrogen and oxygen atoms in total. The summed E-state index contributed by atoms with van der Waals surface area (Å²) in [6, 6.07) is 0. The Morgan fingerprint density at radius 1 is 1.36 bits per heavy atom. The quantitative estimate of drug-likeness (QED) is 0.279. The number of aliphatic hydroxyl groups is 1. The van der Waals surface area contributed by atoms with Gasteiger partial charge >= 0.3 is 15.6 Å². The average Bonchev–Trinajstić information content (AvgIpc) is 3.06. The summed E-state index contributed by atoms with van der Waals surface area (Å²) in [7, 11) is -10.5. The number of phosphoric ester groups is 1. The Hall–Kier alpha value is -1.25. The fourth-order valence-electron chi connectivity index (χ4n) is 2.49. The lowest BCUT2D eigenvalue weighted by atomic mass is 10.1. The summed E-state index contributed by atoms with van der Waals surface area (Å²) in [6.45, 7) is -0.920. The third-order valence-electron chi connectivity index (χ3n) is 3.60. The van der Waals surface area contributed by atoms with Gasteiger partial charge in [-0.15, -0.1) is 0 Å². The number of nitrogens with two attached hydrogens (primary N) is 1. The van der Waals surface area contributed by atoms with Gasteiger partial charge in [0.25, 0.3) is 0 Å². The number of nitrogen functional groups attached to an aromatic ring is 1. The highest BCUT2D eigenvalue weighted by atomic mass is 35.5. The maximum Gasteiger partial charge on any atom is 0.481 e. The minimum Gasteiger partial charge on any atom is -0.387 e. The van der Waals surface area contributed by atoms with Crippen LogP contribution in [0.15, 0.2) is 6.33 Å². The largest absolute Gasteiger partial charge is 0.481 e. The number of fused-ring (bicyclic) bond motifs is 1. The zero-order valence-corrected chi connectivity index (χ0v) is 16.0. The predicted octanol–water partition coefficient (Wildman–Crippen LogP) is -0.115. The van der Waals surface area contributed by atoms with Crippen molar-refractivity contribution >= 4 is 44.2 Å². The van der Waals surface area contributed by atoms with Crippen molar-refractivity contribution in [2.75, 3.05) is 12.3 Å². The third kappa shape index (κ3) is 4.49. The van der Waals surface area contributed by atoms with E-state index in [0.29, 0.717) is 0 Å². The lowest BCUT2D eigenvalue weighted by Crippen LogP contribution is -2.31. The number of aliphatic hydroxyl groups excluding tert-OH is 1. The van der Waals surface area contributed by atoms with Crippen LogP contribution in [-0.2, 0) is 22.7 Å². The van der Waals surface area contributed by atoms with Crippen molar-refractivity contribution in [1.82, 2.24) is 19.5 Å². The highest BCUT2D eigenvalue weighted by Gasteiger charge is 2.47. The fourth-order valence-corrected chi connectivity index (χ4v) is 4.26. The molecule has 6 N–H and O–H groups in total. The van der Waals surface area contributed by atoms with Gasteiger partial charge in [0.1, 0.15) is 17.7 Å². The molecule has 2 aromatic heterocycles. The van der Waals surface area contributed by atoms with Crippen LogP contribution in [0.5, 0.6) is 0 Å². The molecule has 2 aromatic rings. The maximum atomic E-state index is 14.5. The van der Waals surface area contributed by atoms with Crippen molar-refractivity contribution in [1.29, 1.82) is 0 Å². The molecule has 1 unspecified atom stereocenters. The van der Waals surface area contributed by atoms with Crippen molar-refractivity contribution in [3.8, 4) is 0 Å². The van der Waals surface area contributed by atoms with E-state index in [1.165, 1.54) is 0 Å². The van der Waals surface area contributed by atoms with E-state index in [-0.39, 0.29) is 22.3 Å². The molecule has 0 spiro atoms. The van der Waals surface area contributed by atoms with Gasteiger partial charge in [0.05, 0.1) is 12.9 Å². The predicted molar refractivity (Wildman–Crippen MR) is 88.5 cm³/mol. The summed E-state index contributed by atoms with van der Waals surface area (Å²) in [5.74, 6) is -0.0709. The van der Waals surface area contributed by atoms with Gasteiger partial charge in [-0.1, -0.05) is 0 Å². The normalized spacial score (nSPS) is 27.9. The highest BCUT2D eigenvalue weighted by molar-refractivity contribution is 7.60. The molecular formula is C10H13ClFN5O9P2. The molecule has 5 atom stereocenters. The molecule has 0 aromatic carbocycles. The number of halogens is 2. The van der Waals surface area contributed by atoms with Gasteiger partial charge in [0.15, 0.2) is 23.9 Å². The maximum absolute atomic E-state index is 14.5. The van der Waals surface area contributed by atoms with Crippen molar-refractivity contribution < 1.29 is 46.9 Å². The van der Waals surface area contributed by atoms with Crippen LogP contribution >= 0.6 is 27.2 Å². The smallest absolute Gasteiger partial charge is 0.387 e. The van der Waals surface area contributed by atoms with Crippen LogP contribution in [0.1, 0.15) is 6.23 Å². The summed E-state index contributed by atoms with van der Waals surface area (Å²) in [6.07, 6.45) is -5.74. The van der Waals surface area contributed by atoms with Gasteiger partial charge in [-0.25, -0.2) is 18.5 Å². The number of hydrogen-bond acceptors (Lipinski definition) is 10. The molecule has 1 aliphatic heterocycles. The third-order valence-corrected chi connectivity index (χ3v) is 5.92. The monoisotopic (exact) mass is 463 g/mol. The molecule has 18 heteroatoms. The van der Waals surface area contributed by atoms with E-state index >= 15 is 0 Å². The van der Waals surface area contributed by atoms with Crippen molar-refractivity contribution in [2.24, 2.45) is 0 Å². The summed E-state index contributed by atoms with van der Waals surface area (Å²) in [4.78, 5) is 37.8. The number of nitrogens with zero attached hydrogens (tertiary/aromatic N) is 4. The number of phosphoric acid groups is 2. The Morgan fingerprint density at radius 2 is 2.04 bits per heavy atom. The second-order valence-electron chi connectivity index (χ2n) is 5.54. The SMILES string of the molecule is Nc1nc(Cl)nc2c1ncn2[C@@H]1O[C@H](COP(=O)(O)OP(=O)(O)O)[C@@H](O)[C@H]1F. The first-order valence-electron chi connectivity index (χ1n) is 7.25. The zero-order chi connectivity index (χ0) is 20.9. The van der Waals surface area contributed by atoms with E-state index in [1.807, 2.05) is 0 Å². The Bertz CT molecular complexity index is 988. The van der Waals surface area contributed by atoms with E-state index < -0.39 is 46.9 Å². The van der Waals surface area contributed by atoms with Crippen molar-refractivity contribution in [3.63, 3.8) is 0 Å². The lowest BCUT2D eigenvalue weighted by molar-refractivity contribution is -0.0450. The molecule has 1 saturated heterocycles. The molecule has 3 heterocycles. The number of ether oxygens (including phenoxy) is 1. The van der Waals surface area contributed by atoms with Crippen LogP contribution in [0.25, 0.3) is 11.2 Å². The summed E-state index contributed by atoms with van der Waals surface area (Å²) < 4.78 is 50.9. The molecule has 1 fully saturated rings. The summed E-state index contributed by atoms with van der Waals surface area (Å²) in [5, 5.41) is 9.73. The number of hydrogen-bond donors (Lipinski definition) is 5. The van der Waals surface area contributed by atoms with Crippen LogP contribution in [0.3, 0.4) is 0 Å². The van der Waals surface area contributed by atoms with Gasteiger partial charge in [-0.05, 0) is 11.6 Å². The van der Waals surface area contributed by atoms with Crippen LogP contribution in [0, 0.1) is 0 Å². The topological polar surface area (TPSA) is 212 Å². The number of alkyl halides is 1. The van der Waals surface area contributed by atoms with Gasteiger partial charge in [0, 0.05) is 0 Å². The second-order valence-corrected chi connectivity index (χ2v) is 8.71. The first kappa shape index (κ1) is 21.5. The van der Waals surface area contributed by atoms with Crippen molar-refractivity contribution in [2.45, 2.75) is 24.6 Å². The minimum atomic E-state index is -5.33.